The van der Waals surface area contributed by atoms with E-state index in [0.29, 0.717) is 12.3 Å². The summed E-state index contributed by atoms with van der Waals surface area (Å²) >= 11 is 0. The third-order valence-corrected chi connectivity index (χ3v) is 4.50. The standard InChI is InChI=1S/C17H24N4O2/c1-19-8-10-21(11-9-19)15(14-5-3-7-20(14)2)13-18-17(22)16-6-4-12-23-16/h3-7,12,15H,8-11,13H2,1-2H3,(H,18,22). The molecule has 2 aromatic rings. The van der Waals surface area contributed by atoms with Crippen LogP contribution in [0.3, 0.4) is 0 Å². The van der Waals surface area contributed by atoms with Gasteiger partial charge in [0.15, 0.2) is 5.76 Å². The van der Waals surface area contributed by atoms with Gasteiger partial charge in [0.1, 0.15) is 0 Å². The van der Waals surface area contributed by atoms with Crippen LogP contribution in [0.4, 0.5) is 0 Å². The minimum absolute atomic E-state index is 0.164. The lowest BCUT2D eigenvalue weighted by Gasteiger charge is -2.38. The highest BCUT2D eigenvalue weighted by Gasteiger charge is 2.26. The van der Waals surface area contributed by atoms with Gasteiger partial charge in [0, 0.05) is 51.7 Å². The molecule has 6 nitrogen and oxygen atoms in total. The van der Waals surface area contributed by atoms with Gasteiger partial charge in [0.25, 0.3) is 5.91 Å². The van der Waals surface area contributed by atoms with Crippen LogP contribution in [0.25, 0.3) is 0 Å². The second kappa shape index (κ2) is 7.02. The maximum atomic E-state index is 12.2. The van der Waals surface area contributed by atoms with Gasteiger partial charge >= 0.3 is 0 Å². The highest BCUT2D eigenvalue weighted by molar-refractivity contribution is 5.91. The number of carbonyl (C=O) groups is 1. The zero-order valence-electron chi connectivity index (χ0n) is 13.7. The minimum atomic E-state index is -0.164. The summed E-state index contributed by atoms with van der Waals surface area (Å²) in [5.74, 6) is 0.192. The maximum Gasteiger partial charge on any atom is 0.287 e. The molecule has 1 aliphatic rings. The Balaban J connectivity index is 1.70. The molecular formula is C17H24N4O2. The fourth-order valence-electron chi connectivity index (χ4n) is 3.06. The van der Waals surface area contributed by atoms with Crippen molar-refractivity contribution < 1.29 is 9.21 Å². The van der Waals surface area contributed by atoms with E-state index in [2.05, 4.69) is 32.8 Å². The van der Waals surface area contributed by atoms with Crippen LogP contribution in [0.5, 0.6) is 0 Å². The third-order valence-electron chi connectivity index (χ3n) is 4.50. The van der Waals surface area contributed by atoms with Gasteiger partial charge in [-0.2, -0.15) is 0 Å². The third kappa shape index (κ3) is 3.65. The number of hydrogen-bond acceptors (Lipinski definition) is 4. The fraction of sp³-hybridized carbons (Fsp3) is 0.471. The van der Waals surface area contributed by atoms with Crippen LogP contribution in [0.1, 0.15) is 22.3 Å². The average Bonchev–Trinajstić information content (AvgIpc) is 3.21. The van der Waals surface area contributed by atoms with Crippen molar-refractivity contribution in [3.8, 4) is 0 Å². The zero-order valence-corrected chi connectivity index (χ0v) is 13.7. The van der Waals surface area contributed by atoms with Crippen LogP contribution in [0.15, 0.2) is 41.1 Å². The molecule has 0 spiro atoms. The molecule has 1 amide bonds. The van der Waals surface area contributed by atoms with Gasteiger partial charge in [-0.25, -0.2) is 0 Å². The molecule has 124 valence electrons. The number of rotatable bonds is 5. The van der Waals surface area contributed by atoms with Crippen molar-refractivity contribution in [2.75, 3.05) is 39.8 Å². The Bertz CT molecular complexity index is 627. The number of amides is 1. The Morgan fingerprint density at radius 1 is 1.22 bits per heavy atom. The van der Waals surface area contributed by atoms with Crippen LogP contribution in [0.2, 0.25) is 0 Å². The van der Waals surface area contributed by atoms with E-state index < -0.39 is 0 Å². The summed E-state index contributed by atoms with van der Waals surface area (Å²) in [5.41, 5.74) is 1.22. The summed E-state index contributed by atoms with van der Waals surface area (Å²) in [4.78, 5) is 16.9. The summed E-state index contributed by atoms with van der Waals surface area (Å²) in [7, 11) is 4.19. The second-order valence-corrected chi connectivity index (χ2v) is 6.09. The lowest BCUT2D eigenvalue weighted by atomic mass is 10.1. The van der Waals surface area contributed by atoms with Crippen LogP contribution in [-0.4, -0.2) is 60.0 Å². The Kier molecular flexibility index (Phi) is 4.83. The number of likely N-dealkylation sites (N-methyl/N-ethyl adjacent to an activating group) is 1. The van der Waals surface area contributed by atoms with Gasteiger partial charge in [0.05, 0.1) is 12.3 Å². The summed E-state index contributed by atoms with van der Waals surface area (Å²) in [6.07, 6.45) is 3.57. The molecule has 1 fully saturated rings. The minimum Gasteiger partial charge on any atom is -0.459 e. The van der Waals surface area contributed by atoms with Gasteiger partial charge in [-0.3, -0.25) is 9.69 Å². The molecule has 1 aliphatic heterocycles. The Labute approximate surface area is 136 Å². The number of nitrogens with one attached hydrogen (secondary N) is 1. The Hall–Kier alpha value is -2.05. The molecule has 23 heavy (non-hydrogen) atoms. The number of furan rings is 1. The number of hydrogen-bond donors (Lipinski definition) is 1. The molecule has 6 heteroatoms. The van der Waals surface area contributed by atoms with Crippen LogP contribution >= 0.6 is 0 Å². The van der Waals surface area contributed by atoms with Gasteiger partial charge in [-0.15, -0.1) is 0 Å². The lowest BCUT2D eigenvalue weighted by molar-refractivity contribution is 0.0855. The van der Waals surface area contributed by atoms with Crippen LogP contribution in [-0.2, 0) is 7.05 Å². The first kappa shape index (κ1) is 15.8. The summed E-state index contributed by atoms with van der Waals surface area (Å²) < 4.78 is 7.29. The molecule has 0 saturated carbocycles. The van der Waals surface area contributed by atoms with Crippen molar-refractivity contribution in [2.24, 2.45) is 7.05 Å². The molecule has 0 aromatic carbocycles. The first-order valence-electron chi connectivity index (χ1n) is 8.00. The second-order valence-electron chi connectivity index (χ2n) is 6.09. The molecule has 1 N–H and O–H groups in total. The van der Waals surface area contributed by atoms with Crippen molar-refractivity contribution in [3.05, 3.63) is 48.2 Å². The van der Waals surface area contributed by atoms with E-state index in [1.54, 1.807) is 12.1 Å². The molecule has 1 saturated heterocycles. The van der Waals surface area contributed by atoms with Crippen LogP contribution < -0.4 is 5.32 Å². The maximum absolute atomic E-state index is 12.2. The monoisotopic (exact) mass is 316 g/mol. The summed E-state index contributed by atoms with van der Waals surface area (Å²) in [6, 6.07) is 7.75. The highest BCUT2D eigenvalue weighted by Crippen LogP contribution is 2.21. The lowest BCUT2D eigenvalue weighted by Crippen LogP contribution is -2.48. The van der Waals surface area contributed by atoms with Gasteiger partial charge in [-0.05, 0) is 31.3 Å². The van der Waals surface area contributed by atoms with Crippen molar-refractivity contribution in [1.82, 2.24) is 19.7 Å². The summed E-state index contributed by atoms with van der Waals surface area (Å²) in [5, 5.41) is 3.01. The quantitative estimate of drug-likeness (QED) is 0.904. The number of piperazine rings is 1. The van der Waals surface area contributed by atoms with Crippen molar-refractivity contribution >= 4 is 5.91 Å². The fourth-order valence-corrected chi connectivity index (χ4v) is 3.06. The first-order chi connectivity index (χ1) is 11.1. The molecule has 1 atom stereocenters. The topological polar surface area (TPSA) is 53.6 Å². The highest BCUT2D eigenvalue weighted by atomic mass is 16.3. The number of carbonyl (C=O) groups excluding carboxylic acids is 1. The van der Waals surface area contributed by atoms with E-state index in [9.17, 15) is 4.79 Å². The van der Waals surface area contributed by atoms with Crippen LogP contribution in [0, 0.1) is 0 Å². The van der Waals surface area contributed by atoms with E-state index in [4.69, 9.17) is 4.42 Å². The smallest absolute Gasteiger partial charge is 0.287 e. The molecule has 1 unspecified atom stereocenters. The predicted octanol–water partition coefficient (Wildman–Crippen LogP) is 1.34. The molecule has 3 rings (SSSR count). The van der Waals surface area contributed by atoms with E-state index in [1.807, 2.05) is 19.3 Å². The van der Waals surface area contributed by atoms with Crippen molar-refractivity contribution in [3.63, 3.8) is 0 Å². The Morgan fingerprint density at radius 2 is 2.00 bits per heavy atom. The molecule has 0 aliphatic carbocycles. The average molecular weight is 316 g/mol. The molecule has 0 radical (unpaired) electrons. The first-order valence-corrected chi connectivity index (χ1v) is 8.00. The van der Waals surface area contributed by atoms with Crippen molar-refractivity contribution in [2.45, 2.75) is 6.04 Å². The normalized spacial score (nSPS) is 18.0. The molecule has 0 bridgehead atoms. The molecular weight excluding hydrogens is 292 g/mol. The molecule has 3 heterocycles. The number of nitrogens with zero attached hydrogens (tertiary/aromatic N) is 3. The van der Waals surface area contributed by atoms with E-state index in [-0.39, 0.29) is 11.9 Å². The Morgan fingerprint density at radius 3 is 2.61 bits per heavy atom. The number of aromatic nitrogens is 1. The largest absolute Gasteiger partial charge is 0.459 e. The van der Waals surface area contributed by atoms with E-state index in [0.717, 1.165) is 26.2 Å². The molecule has 2 aromatic heterocycles. The van der Waals surface area contributed by atoms with Gasteiger partial charge < -0.3 is 19.2 Å². The van der Waals surface area contributed by atoms with Gasteiger partial charge in [0.2, 0.25) is 0 Å². The number of aryl methyl sites for hydroxylation is 1. The predicted molar refractivity (Wildman–Crippen MR) is 88.3 cm³/mol. The summed E-state index contributed by atoms with van der Waals surface area (Å²) in [6.45, 7) is 4.67. The van der Waals surface area contributed by atoms with E-state index in [1.165, 1.54) is 12.0 Å². The SMILES string of the molecule is CN1CCN(C(CNC(=O)c2ccco2)c2cccn2C)CC1. The zero-order chi connectivity index (χ0) is 16.2. The van der Waals surface area contributed by atoms with E-state index >= 15 is 0 Å². The van der Waals surface area contributed by atoms with Crippen molar-refractivity contribution in [1.29, 1.82) is 0 Å². The van der Waals surface area contributed by atoms with Gasteiger partial charge in [-0.1, -0.05) is 0 Å².